The van der Waals surface area contributed by atoms with Gasteiger partial charge in [0.15, 0.2) is 5.58 Å². The lowest BCUT2D eigenvalue weighted by Crippen LogP contribution is -2.16. The van der Waals surface area contributed by atoms with Crippen LogP contribution in [0.2, 0.25) is 0 Å². The van der Waals surface area contributed by atoms with Gasteiger partial charge in [-0.05, 0) is 40.8 Å². The second-order valence-electron chi connectivity index (χ2n) is 3.12. The highest BCUT2D eigenvalue weighted by molar-refractivity contribution is 14.1. The molecule has 5 heteroatoms. The average molecular weight is 319 g/mol. The van der Waals surface area contributed by atoms with E-state index in [9.17, 15) is 4.79 Å². The molecule has 15 heavy (non-hydrogen) atoms. The van der Waals surface area contributed by atoms with Crippen molar-refractivity contribution in [1.82, 2.24) is 4.57 Å². The van der Waals surface area contributed by atoms with Crippen molar-refractivity contribution in [2.75, 3.05) is 13.7 Å². The first-order chi connectivity index (χ1) is 7.22. The van der Waals surface area contributed by atoms with E-state index in [1.165, 1.54) is 0 Å². The molecule has 0 aliphatic carbocycles. The number of fused-ring (bicyclic) bond motifs is 1. The summed E-state index contributed by atoms with van der Waals surface area (Å²) in [6.45, 7) is 1.02. The Bertz CT molecular complexity index is 529. The lowest BCUT2D eigenvalue weighted by molar-refractivity contribution is 0.186. The van der Waals surface area contributed by atoms with Crippen LogP contribution in [-0.4, -0.2) is 18.3 Å². The first-order valence-electron chi connectivity index (χ1n) is 4.50. The summed E-state index contributed by atoms with van der Waals surface area (Å²) in [5.41, 5.74) is 1.44. The maximum absolute atomic E-state index is 11.5. The summed E-state index contributed by atoms with van der Waals surface area (Å²) in [6.07, 6.45) is 0. The van der Waals surface area contributed by atoms with E-state index >= 15 is 0 Å². The summed E-state index contributed by atoms with van der Waals surface area (Å²) in [5, 5.41) is 0. The first kappa shape index (κ1) is 10.7. The topological polar surface area (TPSA) is 44.4 Å². The fourth-order valence-corrected chi connectivity index (χ4v) is 1.90. The Morgan fingerprint density at radius 3 is 3.07 bits per heavy atom. The summed E-state index contributed by atoms with van der Waals surface area (Å²) in [6, 6.07) is 5.68. The van der Waals surface area contributed by atoms with Crippen molar-refractivity contribution in [3.63, 3.8) is 0 Å². The van der Waals surface area contributed by atoms with Crippen molar-refractivity contribution in [3.05, 3.63) is 32.3 Å². The second-order valence-corrected chi connectivity index (χ2v) is 4.37. The zero-order chi connectivity index (χ0) is 10.8. The summed E-state index contributed by atoms with van der Waals surface area (Å²) in [7, 11) is 1.61. The maximum Gasteiger partial charge on any atom is 0.420 e. The minimum Gasteiger partial charge on any atom is -0.408 e. The minimum atomic E-state index is -0.330. The molecule has 0 aliphatic heterocycles. The van der Waals surface area contributed by atoms with Crippen LogP contribution in [0.1, 0.15) is 0 Å². The molecule has 0 aliphatic rings. The summed E-state index contributed by atoms with van der Waals surface area (Å²) in [4.78, 5) is 11.5. The number of benzene rings is 1. The molecule has 4 nitrogen and oxygen atoms in total. The quantitative estimate of drug-likeness (QED) is 0.811. The molecule has 1 aromatic carbocycles. The van der Waals surface area contributed by atoms with E-state index < -0.39 is 0 Å². The fourth-order valence-electron chi connectivity index (χ4n) is 1.43. The van der Waals surface area contributed by atoms with Crippen molar-refractivity contribution in [1.29, 1.82) is 0 Å². The molecular weight excluding hydrogens is 309 g/mol. The molecular formula is C10H10INO3. The number of nitrogens with zero attached hydrogens (tertiary/aromatic N) is 1. The van der Waals surface area contributed by atoms with E-state index in [0.29, 0.717) is 18.7 Å². The predicted octanol–water partition coefficient (Wildman–Crippen LogP) is 1.85. The molecule has 80 valence electrons. The van der Waals surface area contributed by atoms with Crippen molar-refractivity contribution < 1.29 is 9.15 Å². The van der Waals surface area contributed by atoms with E-state index in [4.69, 9.17) is 9.15 Å². The van der Waals surface area contributed by atoms with Crippen molar-refractivity contribution in [3.8, 4) is 0 Å². The van der Waals surface area contributed by atoms with Crippen LogP contribution >= 0.6 is 22.6 Å². The van der Waals surface area contributed by atoms with Gasteiger partial charge in [-0.3, -0.25) is 4.57 Å². The molecule has 2 aromatic rings. The number of rotatable bonds is 3. The lowest BCUT2D eigenvalue weighted by Gasteiger charge is -2.00. The van der Waals surface area contributed by atoms with Crippen LogP contribution in [0.4, 0.5) is 0 Å². The molecule has 0 unspecified atom stereocenters. The van der Waals surface area contributed by atoms with Crippen LogP contribution < -0.4 is 5.76 Å². The van der Waals surface area contributed by atoms with Crippen LogP contribution in [0, 0.1) is 3.57 Å². The Morgan fingerprint density at radius 1 is 1.53 bits per heavy atom. The molecule has 0 radical (unpaired) electrons. The van der Waals surface area contributed by atoms with Gasteiger partial charge < -0.3 is 9.15 Å². The van der Waals surface area contributed by atoms with Crippen LogP contribution in [0.5, 0.6) is 0 Å². The normalized spacial score (nSPS) is 11.1. The second kappa shape index (κ2) is 4.36. The maximum atomic E-state index is 11.5. The Balaban J connectivity index is 2.53. The van der Waals surface area contributed by atoms with Gasteiger partial charge in [0.1, 0.15) is 0 Å². The van der Waals surface area contributed by atoms with Crippen LogP contribution in [0.25, 0.3) is 11.1 Å². The van der Waals surface area contributed by atoms with Gasteiger partial charge in [0.25, 0.3) is 0 Å². The number of hydrogen-bond acceptors (Lipinski definition) is 3. The number of ether oxygens (including phenoxy) is 1. The Labute approximate surface area is 100.0 Å². The van der Waals surface area contributed by atoms with Crippen molar-refractivity contribution >= 4 is 33.7 Å². The monoisotopic (exact) mass is 319 g/mol. The molecule has 0 bridgehead atoms. The third-order valence-corrected chi connectivity index (χ3v) is 2.82. The number of halogens is 1. The van der Waals surface area contributed by atoms with E-state index in [-0.39, 0.29) is 5.76 Å². The number of methoxy groups -OCH3 is 1. The number of hydrogen-bond donors (Lipinski definition) is 0. The number of aromatic nitrogens is 1. The van der Waals surface area contributed by atoms with E-state index in [1.54, 1.807) is 11.7 Å². The highest BCUT2D eigenvalue weighted by Gasteiger charge is 2.08. The van der Waals surface area contributed by atoms with Crippen LogP contribution in [0.3, 0.4) is 0 Å². The number of oxazole rings is 1. The first-order valence-corrected chi connectivity index (χ1v) is 5.58. The summed E-state index contributed by atoms with van der Waals surface area (Å²) < 4.78 is 12.7. The van der Waals surface area contributed by atoms with Gasteiger partial charge in [-0.1, -0.05) is 0 Å². The Kier molecular flexibility index (Phi) is 3.11. The van der Waals surface area contributed by atoms with Gasteiger partial charge >= 0.3 is 5.76 Å². The van der Waals surface area contributed by atoms with Gasteiger partial charge in [0, 0.05) is 10.7 Å². The minimum absolute atomic E-state index is 0.330. The Morgan fingerprint density at radius 2 is 2.33 bits per heavy atom. The van der Waals surface area contributed by atoms with E-state index in [2.05, 4.69) is 22.6 Å². The molecule has 0 saturated carbocycles. The lowest BCUT2D eigenvalue weighted by atomic mass is 10.3. The predicted molar refractivity (Wildman–Crippen MR) is 65.1 cm³/mol. The molecule has 0 fully saturated rings. The van der Waals surface area contributed by atoms with Gasteiger partial charge in [-0.15, -0.1) is 0 Å². The molecule has 0 amide bonds. The highest BCUT2D eigenvalue weighted by Crippen LogP contribution is 2.16. The van der Waals surface area contributed by atoms with Crippen molar-refractivity contribution in [2.45, 2.75) is 6.54 Å². The average Bonchev–Trinajstić information content (AvgIpc) is 2.50. The Hall–Kier alpha value is -0.820. The smallest absolute Gasteiger partial charge is 0.408 e. The molecule has 1 aromatic heterocycles. The standard InChI is InChI=1S/C10H10INO3/c1-14-5-4-12-8-3-2-7(11)6-9(8)15-10(12)13/h2-3,6H,4-5H2,1H3. The van der Waals surface area contributed by atoms with Gasteiger partial charge in [-0.25, -0.2) is 4.79 Å². The molecule has 0 spiro atoms. The van der Waals surface area contributed by atoms with Gasteiger partial charge in [0.2, 0.25) is 0 Å². The SMILES string of the molecule is COCCn1c(=O)oc2cc(I)ccc21. The van der Waals surface area contributed by atoms with Crippen LogP contribution in [0.15, 0.2) is 27.4 Å². The molecule has 2 rings (SSSR count). The summed E-state index contributed by atoms with van der Waals surface area (Å²) >= 11 is 2.18. The van der Waals surface area contributed by atoms with E-state index in [0.717, 1.165) is 9.09 Å². The zero-order valence-corrected chi connectivity index (χ0v) is 10.4. The molecule has 1 heterocycles. The van der Waals surface area contributed by atoms with Gasteiger partial charge in [-0.2, -0.15) is 0 Å². The largest absolute Gasteiger partial charge is 0.420 e. The molecule has 0 saturated heterocycles. The third-order valence-electron chi connectivity index (χ3n) is 2.15. The highest BCUT2D eigenvalue weighted by atomic mass is 127. The molecule has 0 N–H and O–H groups in total. The zero-order valence-electron chi connectivity index (χ0n) is 8.20. The fraction of sp³-hybridized carbons (Fsp3) is 0.300. The van der Waals surface area contributed by atoms with Crippen LogP contribution in [-0.2, 0) is 11.3 Å². The van der Waals surface area contributed by atoms with Gasteiger partial charge in [0.05, 0.1) is 18.7 Å². The van der Waals surface area contributed by atoms with E-state index in [1.807, 2.05) is 18.2 Å². The summed E-state index contributed by atoms with van der Waals surface area (Å²) in [5.74, 6) is -0.330. The third kappa shape index (κ3) is 2.07. The van der Waals surface area contributed by atoms with Crippen molar-refractivity contribution in [2.24, 2.45) is 0 Å². The molecule has 0 atom stereocenters.